The van der Waals surface area contributed by atoms with Gasteiger partial charge in [-0.2, -0.15) is 5.10 Å². The number of ether oxygens (including phenoxy) is 1. The van der Waals surface area contributed by atoms with Crippen molar-refractivity contribution in [2.24, 2.45) is 10.9 Å². The second-order valence-electron chi connectivity index (χ2n) is 1.13. The molecule has 0 aliphatic rings. The van der Waals surface area contributed by atoms with Crippen LogP contribution in [0.15, 0.2) is 5.10 Å². The van der Waals surface area contributed by atoms with Gasteiger partial charge in [0.25, 0.3) is 0 Å². The van der Waals surface area contributed by atoms with E-state index in [0.29, 0.717) is 0 Å². The number of hydrogen-bond donors (Lipinski definition) is 1. The first-order valence-corrected chi connectivity index (χ1v) is 2.12. The number of carbonyl (C=O) groups is 1. The number of hydrogen-bond acceptors (Lipinski definition) is 4. The predicted molar refractivity (Wildman–Crippen MR) is 29.3 cm³/mol. The smallest absolute Gasteiger partial charge is 0.302 e. The van der Waals surface area contributed by atoms with E-state index in [1.54, 1.807) is 0 Å². The van der Waals surface area contributed by atoms with E-state index in [0.717, 1.165) is 0 Å². The summed E-state index contributed by atoms with van der Waals surface area (Å²) in [4.78, 5) is 9.99. The minimum Gasteiger partial charge on any atom is -0.460 e. The molecule has 2 N–H and O–H groups in total. The molecule has 0 rings (SSSR count). The molecule has 4 heteroatoms. The molecule has 0 aromatic carbocycles. The van der Waals surface area contributed by atoms with E-state index in [1.165, 1.54) is 13.1 Å². The Hall–Kier alpha value is -1.06. The molecular formula is C4H8N2O2. The lowest BCUT2D eigenvalue weighted by Crippen LogP contribution is -2.01. The van der Waals surface area contributed by atoms with Crippen molar-refractivity contribution in [2.75, 3.05) is 6.61 Å². The predicted octanol–water partition coefficient (Wildman–Crippen LogP) is -0.506. The molecule has 0 aliphatic carbocycles. The molecule has 0 saturated heterocycles. The SMILES string of the molecule is CC(=O)OCC=NN. The minimum atomic E-state index is -0.329. The van der Waals surface area contributed by atoms with Gasteiger partial charge in [-0.05, 0) is 0 Å². The van der Waals surface area contributed by atoms with E-state index < -0.39 is 0 Å². The van der Waals surface area contributed by atoms with Crippen LogP contribution in [0, 0.1) is 0 Å². The summed E-state index contributed by atoms with van der Waals surface area (Å²) in [6, 6.07) is 0. The standard InChI is InChI=1S/C4H8N2O2/c1-4(7)8-3-2-6-5/h2H,3,5H2,1H3. The Labute approximate surface area is 47.3 Å². The van der Waals surface area contributed by atoms with Gasteiger partial charge < -0.3 is 10.6 Å². The van der Waals surface area contributed by atoms with Crippen LogP contribution in [0.25, 0.3) is 0 Å². The van der Waals surface area contributed by atoms with Gasteiger partial charge in [-0.3, -0.25) is 4.79 Å². The molecule has 0 atom stereocenters. The molecule has 0 aliphatic heterocycles. The van der Waals surface area contributed by atoms with Crippen LogP contribution in [0.4, 0.5) is 0 Å². The molecular weight excluding hydrogens is 108 g/mol. The van der Waals surface area contributed by atoms with Gasteiger partial charge in [0.05, 0.1) is 6.21 Å². The molecule has 0 aromatic rings. The number of rotatable bonds is 2. The van der Waals surface area contributed by atoms with Crippen LogP contribution in [0.1, 0.15) is 6.92 Å². The van der Waals surface area contributed by atoms with Crippen LogP contribution in [0.2, 0.25) is 0 Å². The van der Waals surface area contributed by atoms with Gasteiger partial charge in [0.15, 0.2) is 0 Å². The molecule has 0 amide bonds. The molecule has 0 bridgehead atoms. The van der Waals surface area contributed by atoms with Crippen LogP contribution in [-0.2, 0) is 9.53 Å². The van der Waals surface area contributed by atoms with Crippen molar-refractivity contribution in [3.8, 4) is 0 Å². The van der Waals surface area contributed by atoms with Crippen LogP contribution >= 0.6 is 0 Å². The number of hydrazone groups is 1. The average molecular weight is 116 g/mol. The summed E-state index contributed by atoms with van der Waals surface area (Å²) in [5, 5.41) is 3.11. The second-order valence-corrected chi connectivity index (χ2v) is 1.13. The van der Waals surface area contributed by atoms with E-state index in [4.69, 9.17) is 5.84 Å². The van der Waals surface area contributed by atoms with Gasteiger partial charge >= 0.3 is 5.97 Å². The zero-order valence-electron chi connectivity index (χ0n) is 4.63. The van der Waals surface area contributed by atoms with Gasteiger partial charge in [-0.15, -0.1) is 0 Å². The molecule has 0 spiro atoms. The fourth-order valence-corrected chi connectivity index (χ4v) is 0.198. The Balaban J connectivity index is 3.05. The van der Waals surface area contributed by atoms with Gasteiger partial charge in [0.1, 0.15) is 6.61 Å². The molecule has 0 fully saturated rings. The highest BCUT2D eigenvalue weighted by atomic mass is 16.5. The van der Waals surface area contributed by atoms with Crippen LogP contribution in [-0.4, -0.2) is 18.8 Å². The molecule has 0 saturated carbocycles. The fourth-order valence-electron chi connectivity index (χ4n) is 0.198. The molecule has 0 heterocycles. The molecule has 8 heavy (non-hydrogen) atoms. The number of nitrogens with two attached hydrogens (primary N) is 1. The summed E-state index contributed by atoms with van der Waals surface area (Å²) >= 11 is 0. The highest BCUT2D eigenvalue weighted by Crippen LogP contribution is 1.69. The summed E-state index contributed by atoms with van der Waals surface area (Å²) in [6.45, 7) is 1.48. The Morgan fingerprint density at radius 1 is 2.00 bits per heavy atom. The zero-order chi connectivity index (χ0) is 6.41. The first-order chi connectivity index (χ1) is 3.77. The summed E-state index contributed by atoms with van der Waals surface area (Å²) in [5.74, 6) is 4.36. The Morgan fingerprint density at radius 3 is 3.00 bits per heavy atom. The Kier molecular flexibility index (Phi) is 3.56. The molecule has 0 aromatic heterocycles. The Morgan fingerprint density at radius 2 is 2.62 bits per heavy atom. The van der Waals surface area contributed by atoms with Gasteiger partial charge in [0, 0.05) is 6.92 Å². The maximum atomic E-state index is 9.99. The third-order valence-corrected chi connectivity index (χ3v) is 0.467. The van der Waals surface area contributed by atoms with E-state index in [1.807, 2.05) is 0 Å². The van der Waals surface area contributed by atoms with Crippen LogP contribution in [0.5, 0.6) is 0 Å². The summed E-state index contributed by atoms with van der Waals surface area (Å²) in [6.07, 6.45) is 1.31. The summed E-state index contributed by atoms with van der Waals surface area (Å²) < 4.78 is 4.41. The van der Waals surface area contributed by atoms with Crippen molar-refractivity contribution < 1.29 is 9.53 Å². The van der Waals surface area contributed by atoms with Crippen LogP contribution < -0.4 is 5.84 Å². The number of nitrogens with zero attached hydrogens (tertiary/aromatic N) is 1. The number of carbonyl (C=O) groups excluding carboxylic acids is 1. The third-order valence-electron chi connectivity index (χ3n) is 0.467. The highest BCUT2D eigenvalue weighted by molar-refractivity contribution is 5.69. The van der Waals surface area contributed by atoms with E-state index in [9.17, 15) is 4.79 Å². The topological polar surface area (TPSA) is 64.7 Å². The Bertz CT molecular complexity index is 100. The lowest BCUT2D eigenvalue weighted by Gasteiger charge is -1.91. The van der Waals surface area contributed by atoms with Crippen molar-refractivity contribution in [1.82, 2.24) is 0 Å². The molecule has 0 radical (unpaired) electrons. The number of esters is 1. The lowest BCUT2D eigenvalue weighted by atomic mass is 10.7. The largest absolute Gasteiger partial charge is 0.460 e. The lowest BCUT2D eigenvalue weighted by molar-refractivity contribution is -0.139. The maximum Gasteiger partial charge on any atom is 0.302 e. The summed E-state index contributed by atoms with van der Waals surface area (Å²) in [5.41, 5.74) is 0. The van der Waals surface area contributed by atoms with Crippen molar-refractivity contribution >= 4 is 12.2 Å². The van der Waals surface area contributed by atoms with E-state index in [2.05, 4.69) is 9.84 Å². The third kappa shape index (κ3) is 4.94. The minimum absolute atomic E-state index is 0.159. The van der Waals surface area contributed by atoms with E-state index in [-0.39, 0.29) is 12.6 Å². The first kappa shape index (κ1) is 6.94. The van der Waals surface area contributed by atoms with Gasteiger partial charge in [-0.1, -0.05) is 0 Å². The van der Waals surface area contributed by atoms with Gasteiger partial charge in [0.2, 0.25) is 0 Å². The van der Waals surface area contributed by atoms with Crippen molar-refractivity contribution in [3.05, 3.63) is 0 Å². The van der Waals surface area contributed by atoms with Crippen LogP contribution in [0.3, 0.4) is 0 Å². The second kappa shape index (κ2) is 4.11. The average Bonchev–Trinajstić information content (AvgIpc) is 1.66. The monoisotopic (exact) mass is 116 g/mol. The molecule has 0 unspecified atom stereocenters. The highest BCUT2D eigenvalue weighted by Gasteiger charge is 1.85. The first-order valence-electron chi connectivity index (χ1n) is 2.12. The quantitative estimate of drug-likeness (QED) is 0.229. The zero-order valence-corrected chi connectivity index (χ0v) is 4.63. The molecule has 46 valence electrons. The summed E-state index contributed by atoms with van der Waals surface area (Å²) in [7, 11) is 0. The van der Waals surface area contributed by atoms with Crippen molar-refractivity contribution in [1.29, 1.82) is 0 Å². The normalized spacial score (nSPS) is 9.62. The fraction of sp³-hybridized carbons (Fsp3) is 0.500. The maximum absolute atomic E-state index is 9.99. The van der Waals surface area contributed by atoms with Crippen molar-refractivity contribution in [3.63, 3.8) is 0 Å². The van der Waals surface area contributed by atoms with E-state index >= 15 is 0 Å². The van der Waals surface area contributed by atoms with Crippen molar-refractivity contribution in [2.45, 2.75) is 6.92 Å². The van der Waals surface area contributed by atoms with Gasteiger partial charge in [-0.25, -0.2) is 0 Å². The molecule has 4 nitrogen and oxygen atoms in total.